The number of ether oxygens (including phenoxy) is 1. The maximum atomic E-state index is 12.7. The van der Waals surface area contributed by atoms with Crippen LogP contribution in [-0.4, -0.2) is 15.6 Å². The van der Waals surface area contributed by atoms with Crippen molar-refractivity contribution in [1.29, 1.82) is 0 Å². The predicted octanol–water partition coefficient (Wildman–Crippen LogP) is 5.35. The number of carbonyl (C=O) groups is 1. The Kier molecular flexibility index (Phi) is 7.34. The number of pyridine rings is 1. The van der Waals surface area contributed by atoms with Crippen LogP contribution in [0.3, 0.4) is 0 Å². The predicted molar refractivity (Wildman–Crippen MR) is 121 cm³/mol. The van der Waals surface area contributed by atoms with Crippen LogP contribution in [0.15, 0.2) is 63.9 Å². The molecule has 0 amide bonds. The molecule has 1 aromatic heterocycles. The monoisotopic (exact) mass is 489 g/mol. The van der Waals surface area contributed by atoms with Crippen molar-refractivity contribution >= 4 is 33.5 Å². The smallest absolute Gasteiger partial charge is 0.335 e. The van der Waals surface area contributed by atoms with Gasteiger partial charge in [-0.3, -0.25) is 4.79 Å². The van der Waals surface area contributed by atoms with Crippen LogP contribution in [0, 0.1) is 0 Å². The molecule has 3 aromatic rings. The second kappa shape index (κ2) is 9.96. The number of benzene rings is 2. The van der Waals surface area contributed by atoms with Gasteiger partial charge in [-0.1, -0.05) is 42.8 Å². The van der Waals surface area contributed by atoms with Gasteiger partial charge in [0.2, 0.25) is 0 Å². The molecule has 2 aromatic carbocycles. The van der Waals surface area contributed by atoms with E-state index in [-0.39, 0.29) is 22.8 Å². The number of rotatable bonds is 8. The number of nitrogens with zero attached hydrogens (tertiary/aromatic N) is 1. The van der Waals surface area contributed by atoms with Gasteiger partial charge in [-0.05, 0) is 70.2 Å². The van der Waals surface area contributed by atoms with E-state index in [1.54, 1.807) is 34.9 Å². The lowest BCUT2D eigenvalue weighted by molar-refractivity contribution is 0.0697. The number of hydrogen-bond acceptors (Lipinski definition) is 3. The molecular weight excluding hydrogens is 470 g/mol. The highest BCUT2D eigenvalue weighted by molar-refractivity contribution is 9.10. The Morgan fingerprint density at radius 2 is 1.87 bits per heavy atom. The summed E-state index contributed by atoms with van der Waals surface area (Å²) in [4.78, 5) is 23.7. The van der Waals surface area contributed by atoms with Crippen molar-refractivity contribution in [2.75, 3.05) is 0 Å². The van der Waals surface area contributed by atoms with Gasteiger partial charge < -0.3 is 14.4 Å². The zero-order chi connectivity index (χ0) is 21.7. The molecule has 1 N–H and O–H groups in total. The van der Waals surface area contributed by atoms with E-state index in [0.717, 1.165) is 17.7 Å². The van der Waals surface area contributed by atoms with E-state index in [0.29, 0.717) is 23.1 Å². The van der Waals surface area contributed by atoms with Gasteiger partial charge in [0.25, 0.3) is 5.56 Å². The summed E-state index contributed by atoms with van der Waals surface area (Å²) in [6.07, 6.45) is 1.46. The van der Waals surface area contributed by atoms with E-state index in [2.05, 4.69) is 22.9 Å². The lowest BCUT2D eigenvalue weighted by Gasteiger charge is -2.16. The number of hydrogen-bond donors (Lipinski definition) is 1. The minimum absolute atomic E-state index is 0.125. The van der Waals surface area contributed by atoms with Gasteiger partial charge in [0.15, 0.2) is 0 Å². The molecule has 0 aliphatic carbocycles. The molecule has 7 heteroatoms. The fourth-order valence-corrected chi connectivity index (χ4v) is 3.98. The molecule has 30 heavy (non-hydrogen) atoms. The summed E-state index contributed by atoms with van der Waals surface area (Å²) in [6, 6.07) is 16.0. The van der Waals surface area contributed by atoms with E-state index in [4.69, 9.17) is 21.4 Å². The quantitative estimate of drug-likeness (QED) is 0.462. The molecule has 3 rings (SSSR count). The molecule has 5 nitrogen and oxygen atoms in total. The van der Waals surface area contributed by atoms with E-state index < -0.39 is 5.97 Å². The van der Waals surface area contributed by atoms with Gasteiger partial charge in [-0.15, -0.1) is 0 Å². The van der Waals surface area contributed by atoms with Crippen LogP contribution >= 0.6 is 27.5 Å². The minimum atomic E-state index is -0.969. The highest BCUT2D eigenvalue weighted by Gasteiger charge is 2.14. The van der Waals surface area contributed by atoms with Gasteiger partial charge in [0.1, 0.15) is 17.4 Å². The first kappa shape index (κ1) is 22.1. The van der Waals surface area contributed by atoms with Crippen molar-refractivity contribution in [2.45, 2.75) is 32.9 Å². The van der Waals surface area contributed by atoms with Gasteiger partial charge in [0, 0.05) is 11.0 Å². The molecule has 0 bridgehead atoms. The minimum Gasteiger partial charge on any atom is -0.487 e. The summed E-state index contributed by atoms with van der Waals surface area (Å²) >= 11 is 9.61. The Hall–Kier alpha value is -2.57. The maximum absolute atomic E-state index is 12.7. The number of halogens is 2. The average molecular weight is 491 g/mol. The van der Waals surface area contributed by atoms with E-state index in [9.17, 15) is 9.59 Å². The average Bonchev–Trinajstić information content (AvgIpc) is 2.75. The van der Waals surface area contributed by atoms with Crippen molar-refractivity contribution in [1.82, 2.24) is 4.57 Å². The van der Waals surface area contributed by atoms with Crippen molar-refractivity contribution in [2.24, 2.45) is 0 Å². The Balaban J connectivity index is 1.82. The van der Waals surface area contributed by atoms with Crippen molar-refractivity contribution in [3.8, 4) is 5.75 Å². The van der Waals surface area contributed by atoms with E-state index in [1.807, 2.05) is 24.3 Å². The number of aromatic nitrogens is 1. The highest BCUT2D eigenvalue weighted by atomic mass is 79.9. The molecule has 1 heterocycles. The molecule has 0 radical (unpaired) electrons. The summed E-state index contributed by atoms with van der Waals surface area (Å²) in [5, 5.41) is 9.15. The molecule has 0 aliphatic rings. The second-order valence-electron chi connectivity index (χ2n) is 6.79. The topological polar surface area (TPSA) is 68.5 Å². The number of carboxylic acid groups (broad SMARTS) is 1. The first-order valence-corrected chi connectivity index (χ1v) is 10.7. The molecule has 0 aliphatic heterocycles. The van der Waals surface area contributed by atoms with Crippen LogP contribution in [0.1, 0.15) is 34.1 Å². The van der Waals surface area contributed by atoms with Gasteiger partial charge in [0.05, 0.1) is 11.3 Å². The van der Waals surface area contributed by atoms with Crippen molar-refractivity contribution in [3.63, 3.8) is 0 Å². The Morgan fingerprint density at radius 3 is 2.53 bits per heavy atom. The summed E-state index contributed by atoms with van der Waals surface area (Å²) in [6.45, 7) is 2.67. The molecular formula is C23H21BrClNO4. The molecule has 0 fully saturated rings. The summed E-state index contributed by atoms with van der Waals surface area (Å²) in [7, 11) is 0. The molecule has 0 saturated heterocycles. The molecule has 0 spiro atoms. The number of aryl methyl sites for hydroxylation is 2. The molecule has 0 saturated carbocycles. The lowest BCUT2D eigenvalue weighted by Crippen LogP contribution is -2.26. The third-order valence-electron chi connectivity index (χ3n) is 4.81. The maximum Gasteiger partial charge on any atom is 0.335 e. The number of carboxylic acids is 1. The molecule has 156 valence electrons. The van der Waals surface area contributed by atoms with Gasteiger partial charge >= 0.3 is 5.97 Å². The largest absolute Gasteiger partial charge is 0.487 e. The van der Waals surface area contributed by atoms with E-state index in [1.165, 1.54) is 5.56 Å². The van der Waals surface area contributed by atoms with Crippen LogP contribution < -0.4 is 10.3 Å². The number of aromatic carboxylic acids is 1. The Morgan fingerprint density at radius 1 is 1.13 bits per heavy atom. The summed E-state index contributed by atoms with van der Waals surface area (Å²) in [5.74, 6) is -0.234. The molecule has 0 atom stereocenters. The third-order valence-corrected chi connectivity index (χ3v) is 5.77. The van der Waals surface area contributed by atoms with E-state index >= 15 is 0 Å². The van der Waals surface area contributed by atoms with Crippen LogP contribution in [0.2, 0.25) is 5.02 Å². The SMILES string of the molecule is CCc1cccc(OCc2c(Br)cc(Cl)c(=O)n2CCc2ccc(C(=O)O)cc2)c1. The Bertz CT molecular complexity index is 1110. The summed E-state index contributed by atoms with van der Waals surface area (Å²) < 4.78 is 8.24. The van der Waals surface area contributed by atoms with Gasteiger partial charge in [-0.25, -0.2) is 4.79 Å². The zero-order valence-corrected chi connectivity index (χ0v) is 18.7. The normalized spacial score (nSPS) is 10.8. The standard InChI is InChI=1S/C23H21BrClNO4/c1-2-15-4-3-5-18(12-15)30-14-21-19(24)13-20(25)22(27)26(21)11-10-16-6-8-17(9-7-16)23(28)29/h3-9,12-13H,2,10-11,14H2,1H3,(H,28,29). The highest BCUT2D eigenvalue weighted by Crippen LogP contribution is 2.22. The van der Waals surface area contributed by atoms with Crippen LogP contribution in [-0.2, 0) is 26.0 Å². The fourth-order valence-electron chi connectivity index (χ4n) is 3.08. The first-order valence-electron chi connectivity index (χ1n) is 9.50. The Labute approximate surface area is 188 Å². The molecule has 0 unspecified atom stereocenters. The zero-order valence-electron chi connectivity index (χ0n) is 16.4. The van der Waals surface area contributed by atoms with Crippen LogP contribution in [0.4, 0.5) is 0 Å². The van der Waals surface area contributed by atoms with Crippen molar-refractivity contribution < 1.29 is 14.6 Å². The van der Waals surface area contributed by atoms with Gasteiger partial charge in [-0.2, -0.15) is 0 Å². The second-order valence-corrected chi connectivity index (χ2v) is 8.05. The lowest BCUT2D eigenvalue weighted by atomic mass is 10.1. The first-order chi connectivity index (χ1) is 14.4. The van der Waals surface area contributed by atoms with Crippen LogP contribution in [0.25, 0.3) is 0 Å². The summed E-state index contributed by atoms with van der Waals surface area (Å²) in [5.41, 5.74) is 2.72. The fraction of sp³-hybridized carbons (Fsp3) is 0.217. The van der Waals surface area contributed by atoms with Crippen molar-refractivity contribution in [3.05, 3.63) is 96.8 Å². The third kappa shape index (κ3) is 5.32. The van der Waals surface area contributed by atoms with Crippen LogP contribution in [0.5, 0.6) is 5.75 Å².